The van der Waals surface area contributed by atoms with Crippen molar-refractivity contribution in [1.82, 2.24) is 9.55 Å². The van der Waals surface area contributed by atoms with Crippen molar-refractivity contribution in [3.05, 3.63) is 64.2 Å². The number of benzene rings is 2. The molecule has 6 nitrogen and oxygen atoms in total. The second-order valence-corrected chi connectivity index (χ2v) is 9.17. The number of nitrogens with zero attached hydrogens (tertiary/aromatic N) is 4. The number of fused-ring (bicyclic) bond motifs is 1. The summed E-state index contributed by atoms with van der Waals surface area (Å²) in [6.07, 6.45) is 5.04. The van der Waals surface area contributed by atoms with E-state index in [0.717, 1.165) is 43.3 Å². The number of ether oxygens (including phenoxy) is 1. The summed E-state index contributed by atoms with van der Waals surface area (Å²) < 4.78 is 8.05. The minimum Gasteiger partial charge on any atom is -0.441 e. The first-order chi connectivity index (χ1) is 15.0. The molecular weight excluding hydrogens is 435 g/mol. The van der Waals surface area contributed by atoms with Crippen LogP contribution in [0.2, 0.25) is 10.0 Å². The normalized spacial score (nSPS) is 23.3. The van der Waals surface area contributed by atoms with Crippen LogP contribution in [0.3, 0.4) is 0 Å². The first-order valence-corrected chi connectivity index (χ1v) is 11.0. The minimum atomic E-state index is -0.541. The Kier molecular flexibility index (Phi) is 5.04. The lowest BCUT2D eigenvalue weighted by Gasteiger charge is -2.36. The number of hydrogen-bond acceptors (Lipinski definition) is 3. The van der Waals surface area contributed by atoms with Crippen molar-refractivity contribution in [2.45, 2.75) is 37.8 Å². The van der Waals surface area contributed by atoms with E-state index in [-0.39, 0.29) is 0 Å². The van der Waals surface area contributed by atoms with E-state index in [2.05, 4.69) is 14.4 Å². The molecule has 0 N–H and O–H groups in total. The van der Waals surface area contributed by atoms with Crippen LogP contribution in [0.5, 0.6) is 0 Å². The number of carbonyl (C=O) groups is 1. The number of aromatic nitrogens is 2. The van der Waals surface area contributed by atoms with E-state index in [1.807, 2.05) is 18.5 Å². The Labute approximate surface area is 190 Å². The van der Waals surface area contributed by atoms with Gasteiger partial charge in [0.1, 0.15) is 5.60 Å². The predicted molar refractivity (Wildman–Crippen MR) is 121 cm³/mol. The fraction of sp³-hybridized carbons (Fsp3) is 0.348. The maximum atomic E-state index is 12.8. The smallest absolute Gasteiger partial charge is 0.415 e. The van der Waals surface area contributed by atoms with Crippen LogP contribution >= 0.6 is 23.2 Å². The molecule has 1 aromatic heterocycles. The van der Waals surface area contributed by atoms with Gasteiger partial charge in [-0.25, -0.2) is 14.6 Å². The number of rotatable bonds is 3. The SMILES string of the molecule is [C-]#[N+]c1ccc2ncn(C[C@H]3CCC[C@]4(C3)CN(c3c(Cl)cccc3Cl)C(=O)O4)c2c1. The molecule has 1 saturated heterocycles. The van der Waals surface area contributed by atoms with Gasteiger partial charge in [0.25, 0.3) is 0 Å². The van der Waals surface area contributed by atoms with E-state index >= 15 is 0 Å². The fourth-order valence-electron chi connectivity index (χ4n) is 4.92. The van der Waals surface area contributed by atoms with Gasteiger partial charge in [-0.05, 0) is 55.9 Å². The lowest BCUT2D eigenvalue weighted by molar-refractivity contribution is 0.00439. The molecule has 3 aromatic rings. The molecule has 2 aromatic carbocycles. The number of para-hydroxylation sites is 1. The zero-order valence-corrected chi connectivity index (χ0v) is 18.2. The molecule has 2 atom stereocenters. The van der Waals surface area contributed by atoms with Gasteiger partial charge in [0.05, 0.1) is 46.2 Å². The molecule has 31 heavy (non-hydrogen) atoms. The maximum absolute atomic E-state index is 12.8. The molecule has 0 radical (unpaired) electrons. The van der Waals surface area contributed by atoms with Crippen molar-refractivity contribution < 1.29 is 9.53 Å². The van der Waals surface area contributed by atoms with E-state index in [4.69, 9.17) is 34.5 Å². The van der Waals surface area contributed by atoms with Crippen molar-refractivity contribution in [2.75, 3.05) is 11.4 Å². The van der Waals surface area contributed by atoms with Crippen molar-refractivity contribution in [2.24, 2.45) is 5.92 Å². The molecule has 1 aliphatic carbocycles. The molecule has 2 fully saturated rings. The Morgan fingerprint density at radius 1 is 1.26 bits per heavy atom. The number of amides is 1. The van der Waals surface area contributed by atoms with Gasteiger partial charge in [-0.3, -0.25) is 4.90 Å². The molecule has 1 spiro atoms. The summed E-state index contributed by atoms with van der Waals surface area (Å²) >= 11 is 12.7. The van der Waals surface area contributed by atoms with Crippen LogP contribution in [0.25, 0.3) is 15.9 Å². The van der Waals surface area contributed by atoms with Crippen molar-refractivity contribution >= 4 is 51.7 Å². The van der Waals surface area contributed by atoms with Gasteiger partial charge in [0.15, 0.2) is 5.69 Å². The zero-order chi connectivity index (χ0) is 21.6. The van der Waals surface area contributed by atoms with E-state index in [1.54, 1.807) is 29.2 Å². The van der Waals surface area contributed by atoms with Gasteiger partial charge in [0.2, 0.25) is 0 Å². The van der Waals surface area contributed by atoms with Gasteiger partial charge in [-0.2, -0.15) is 0 Å². The molecule has 1 saturated carbocycles. The zero-order valence-electron chi connectivity index (χ0n) is 16.7. The third-order valence-corrected chi connectivity index (χ3v) is 6.88. The molecule has 0 unspecified atom stereocenters. The highest BCUT2D eigenvalue weighted by atomic mass is 35.5. The highest BCUT2D eigenvalue weighted by Gasteiger charge is 2.49. The molecule has 5 rings (SSSR count). The molecular formula is C23H20Cl2N4O2. The average Bonchev–Trinajstić information content (AvgIpc) is 3.28. The van der Waals surface area contributed by atoms with E-state index in [0.29, 0.717) is 33.9 Å². The molecule has 1 aliphatic heterocycles. The number of hydrogen-bond donors (Lipinski definition) is 0. The summed E-state index contributed by atoms with van der Waals surface area (Å²) in [5.74, 6) is 0.331. The number of imidazole rings is 1. The topological polar surface area (TPSA) is 51.7 Å². The van der Waals surface area contributed by atoms with Crippen LogP contribution in [-0.4, -0.2) is 27.8 Å². The van der Waals surface area contributed by atoms with E-state index in [1.165, 1.54) is 0 Å². The summed E-state index contributed by atoms with van der Waals surface area (Å²) in [7, 11) is 0. The van der Waals surface area contributed by atoms with Crippen molar-refractivity contribution in [3.8, 4) is 0 Å². The molecule has 2 heterocycles. The van der Waals surface area contributed by atoms with Crippen molar-refractivity contribution in [3.63, 3.8) is 0 Å². The van der Waals surface area contributed by atoms with Gasteiger partial charge >= 0.3 is 6.09 Å². The summed E-state index contributed by atoms with van der Waals surface area (Å²) in [6.45, 7) is 8.48. The molecule has 158 valence electrons. The Morgan fingerprint density at radius 2 is 2.06 bits per heavy atom. The molecule has 8 heteroatoms. The number of anilines is 1. The fourth-order valence-corrected chi connectivity index (χ4v) is 5.52. The van der Waals surface area contributed by atoms with Gasteiger partial charge in [0, 0.05) is 6.54 Å². The highest BCUT2D eigenvalue weighted by Crippen LogP contribution is 2.44. The summed E-state index contributed by atoms with van der Waals surface area (Å²) in [6, 6.07) is 10.8. The van der Waals surface area contributed by atoms with Crippen molar-refractivity contribution in [1.29, 1.82) is 0 Å². The monoisotopic (exact) mass is 454 g/mol. The summed E-state index contributed by atoms with van der Waals surface area (Å²) in [4.78, 5) is 22.3. The quantitative estimate of drug-likeness (QED) is 0.425. The Morgan fingerprint density at radius 3 is 2.84 bits per heavy atom. The predicted octanol–water partition coefficient (Wildman–Crippen LogP) is 6.48. The Bertz CT molecular complexity index is 1200. The third-order valence-electron chi connectivity index (χ3n) is 6.27. The highest BCUT2D eigenvalue weighted by molar-refractivity contribution is 6.39. The van der Waals surface area contributed by atoms with Crippen LogP contribution in [0.4, 0.5) is 16.2 Å². The van der Waals surface area contributed by atoms with Crippen LogP contribution in [0, 0.1) is 12.5 Å². The minimum absolute atomic E-state index is 0.331. The molecule has 0 bridgehead atoms. The van der Waals surface area contributed by atoms with Crippen LogP contribution in [0.15, 0.2) is 42.7 Å². The van der Waals surface area contributed by atoms with Gasteiger partial charge < -0.3 is 9.30 Å². The lowest BCUT2D eigenvalue weighted by atomic mass is 9.78. The third kappa shape index (κ3) is 3.62. The maximum Gasteiger partial charge on any atom is 0.415 e. The van der Waals surface area contributed by atoms with Crippen LogP contribution in [-0.2, 0) is 11.3 Å². The molecule has 2 aliphatic rings. The number of carbonyl (C=O) groups excluding carboxylic acids is 1. The largest absolute Gasteiger partial charge is 0.441 e. The van der Waals surface area contributed by atoms with Crippen LogP contribution < -0.4 is 4.90 Å². The average molecular weight is 455 g/mol. The number of halogens is 2. The molecule has 1 amide bonds. The lowest BCUT2D eigenvalue weighted by Crippen LogP contribution is -2.40. The van der Waals surface area contributed by atoms with Crippen LogP contribution in [0.1, 0.15) is 25.7 Å². The van der Waals surface area contributed by atoms with E-state index in [9.17, 15) is 4.79 Å². The Balaban J connectivity index is 1.37. The van der Waals surface area contributed by atoms with Gasteiger partial charge in [-0.15, -0.1) is 0 Å². The first-order valence-electron chi connectivity index (χ1n) is 10.2. The first kappa shape index (κ1) is 20.2. The standard InChI is InChI=1S/C23H20Cl2N4O2/c1-26-16-7-8-19-20(10-16)28(14-27-19)12-15-4-3-9-23(11-15)13-29(22(30)31-23)21-17(24)5-2-6-18(21)25/h2,5-8,10,14-15H,3-4,9,11-13H2/t15-,23-/m0/s1. The van der Waals surface area contributed by atoms with Gasteiger partial charge in [-0.1, -0.05) is 35.3 Å². The Hall–Kier alpha value is -2.75. The second-order valence-electron chi connectivity index (χ2n) is 8.35. The second kappa shape index (κ2) is 7.74. The van der Waals surface area contributed by atoms with E-state index < -0.39 is 11.7 Å². The summed E-state index contributed by atoms with van der Waals surface area (Å²) in [5.41, 5.74) is 2.42. The summed E-state index contributed by atoms with van der Waals surface area (Å²) in [5, 5.41) is 0.878.